The predicted octanol–water partition coefficient (Wildman–Crippen LogP) is 3.20. The average Bonchev–Trinajstić information content (AvgIpc) is 3.43. The number of benzene rings is 1. The van der Waals surface area contributed by atoms with Gasteiger partial charge in [-0.2, -0.15) is 0 Å². The summed E-state index contributed by atoms with van der Waals surface area (Å²) in [4.78, 5) is 28.6. The van der Waals surface area contributed by atoms with E-state index < -0.39 is 11.4 Å². The zero-order valence-electron chi connectivity index (χ0n) is 13.8. The van der Waals surface area contributed by atoms with Gasteiger partial charge in [0.2, 0.25) is 11.8 Å². The zero-order valence-corrected chi connectivity index (χ0v) is 14.6. The summed E-state index contributed by atoms with van der Waals surface area (Å²) >= 11 is 5.92. The first kappa shape index (κ1) is 17.2. The summed E-state index contributed by atoms with van der Waals surface area (Å²) in [7, 11) is 2.68. The van der Waals surface area contributed by atoms with Crippen LogP contribution in [0.2, 0.25) is 5.02 Å². The van der Waals surface area contributed by atoms with Crippen molar-refractivity contribution in [2.24, 2.45) is 0 Å². The summed E-state index contributed by atoms with van der Waals surface area (Å²) in [6.45, 7) is 0. The van der Waals surface area contributed by atoms with E-state index in [-0.39, 0.29) is 17.4 Å². The Hall–Kier alpha value is -2.60. The highest BCUT2D eigenvalue weighted by Gasteiger charge is 2.51. The lowest BCUT2D eigenvalue weighted by atomic mass is 9.95. The second kappa shape index (κ2) is 6.72. The molecule has 1 fully saturated rings. The summed E-state index contributed by atoms with van der Waals surface area (Å²) in [5, 5.41) is 3.46. The van der Waals surface area contributed by atoms with E-state index in [4.69, 9.17) is 21.1 Å². The molecule has 1 heterocycles. The summed E-state index contributed by atoms with van der Waals surface area (Å²) in [5.41, 5.74) is 0.922. The molecule has 0 saturated heterocycles. The average molecular weight is 361 g/mol. The number of hydrogen-bond donors (Lipinski definition) is 1. The number of hydrogen-bond acceptors (Lipinski definition) is 5. The van der Waals surface area contributed by atoms with Crippen LogP contribution in [0.1, 0.15) is 28.8 Å². The van der Waals surface area contributed by atoms with Gasteiger partial charge in [-0.15, -0.1) is 0 Å². The van der Waals surface area contributed by atoms with Gasteiger partial charge in [0.05, 0.1) is 31.5 Å². The van der Waals surface area contributed by atoms with Crippen LogP contribution in [0.3, 0.4) is 0 Å². The lowest BCUT2D eigenvalue weighted by Crippen LogP contribution is -2.28. The van der Waals surface area contributed by atoms with Crippen molar-refractivity contribution in [2.45, 2.75) is 18.3 Å². The van der Waals surface area contributed by atoms with Gasteiger partial charge in [0.1, 0.15) is 5.56 Å². The van der Waals surface area contributed by atoms with Crippen LogP contribution in [0.5, 0.6) is 5.88 Å². The molecule has 0 radical (unpaired) electrons. The van der Waals surface area contributed by atoms with Gasteiger partial charge in [-0.05, 0) is 36.6 Å². The Morgan fingerprint density at radius 2 is 1.88 bits per heavy atom. The molecule has 2 aromatic rings. The van der Waals surface area contributed by atoms with Gasteiger partial charge in [-0.3, -0.25) is 4.79 Å². The molecule has 1 aromatic carbocycles. The maximum atomic E-state index is 12.8. The Morgan fingerprint density at radius 1 is 1.20 bits per heavy atom. The molecule has 0 spiro atoms. The van der Waals surface area contributed by atoms with Crippen LogP contribution in [0.15, 0.2) is 36.5 Å². The first-order chi connectivity index (χ1) is 12.0. The largest absolute Gasteiger partial charge is 0.480 e. The molecular formula is C18H17ClN2O4. The number of pyridine rings is 1. The highest BCUT2D eigenvalue weighted by atomic mass is 35.5. The normalized spacial score (nSPS) is 14.5. The van der Waals surface area contributed by atoms with E-state index >= 15 is 0 Å². The van der Waals surface area contributed by atoms with Gasteiger partial charge in [0, 0.05) is 5.02 Å². The van der Waals surface area contributed by atoms with E-state index in [9.17, 15) is 9.59 Å². The molecule has 1 N–H and O–H groups in total. The van der Waals surface area contributed by atoms with Crippen LogP contribution < -0.4 is 10.1 Å². The maximum Gasteiger partial charge on any atom is 0.343 e. The van der Waals surface area contributed by atoms with Gasteiger partial charge < -0.3 is 14.8 Å². The molecular weight excluding hydrogens is 344 g/mol. The van der Waals surface area contributed by atoms with E-state index in [1.165, 1.54) is 26.5 Å². The summed E-state index contributed by atoms with van der Waals surface area (Å²) in [6.07, 6.45) is 2.96. The Kier molecular flexibility index (Phi) is 4.63. The van der Waals surface area contributed by atoms with Crippen LogP contribution in [-0.2, 0) is 14.9 Å². The zero-order chi connectivity index (χ0) is 18.0. The first-order valence-electron chi connectivity index (χ1n) is 7.70. The number of aromatic nitrogens is 1. The standard InChI is InChI=1S/C18H17ClN2O4/c1-24-15-14(16(22)25-2)9-13(10-20-15)21-17(23)18(7-8-18)11-3-5-12(19)6-4-11/h3-6,9-10H,7-8H2,1-2H3,(H,21,23). The third-order valence-corrected chi connectivity index (χ3v) is 4.54. The van der Waals surface area contributed by atoms with Crippen molar-refractivity contribution in [1.82, 2.24) is 4.98 Å². The van der Waals surface area contributed by atoms with Gasteiger partial charge in [-0.25, -0.2) is 9.78 Å². The molecule has 0 bridgehead atoms. The Balaban J connectivity index is 1.83. The van der Waals surface area contributed by atoms with Crippen LogP contribution in [0.25, 0.3) is 0 Å². The quantitative estimate of drug-likeness (QED) is 0.828. The number of ether oxygens (including phenoxy) is 2. The van der Waals surface area contributed by atoms with Crippen molar-refractivity contribution in [3.8, 4) is 5.88 Å². The minimum absolute atomic E-state index is 0.141. The number of amides is 1. The molecule has 1 aromatic heterocycles. The number of nitrogens with zero attached hydrogens (tertiary/aromatic N) is 1. The number of rotatable bonds is 5. The second-order valence-corrected chi connectivity index (χ2v) is 6.25. The fourth-order valence-corrected chi connectivity index (χ4v) is 2.86. The smallest absolute Gasteiger partial charge is 0.343 e. The molecule has 0 atom stereocenters. The van der Waals surface area contributed by atoms with Gasteiger partial charge in [0.25, 0.3) is 0 Å². The van der Waals surface area contributed by atoms with Crippen molar-refractivity contribution in [2.75, 3.05) is 19.5 Å². The molecule has 7 heteroatoms. The highest BCUT2D eigenvalue weighted by molar-refractivity contribution is 6.30. The third-order valence-electron chi connectivity index (χ3n) is 4.29. The molecule has 6 nitrogen and oxygen atoms in total. The number of halogens is 1. The minimum Gasteiger partial charge on any atom is -0.480 e. The van der Waals surface area contributed by atoms with Gasteiger partial charge in [-0.1, -0.05) is 23.7 Å². The number of anilines is 1. The molecule has 1 aliphatic rings. The Bertz CT molecular complexity index is 816. The van der Waals surface area contributed by atoms with E-state index in [0.29, 0.717) is 10.7 Å². The second-order valence-electron chi connectivity index (χ2n) is 5.82. The molecule has 3 rings (SSSR count). The topological polar surface area (TPSA) is 77.5 Å². The molecule has 1 amide bonds. The van der Waals surface area contributed by atoms with E-state index in [2.05, 4.69) is 10.3 Å². The first-order valence-corrected chi connectivity index (χ1v) is 8.08. The lowest BCUT2D eigenvalue weighted by Gasteiger charge is -2.16. The molecule has 0 unspecified atom stereocenters. The van der Waals surface area contributed by atoms with Crippen molar-refractivity contribution in [3.63, 3.8) is 0 Å². The highest BCUT2D eigenvalue weighted by Crippen LogP contribution is 2.49. The minimum atomic E-state index is -0.584. The summed E-state index contributed by atoms with van der Waals surface area (Å²) < 4.78 is 9.77. The van der Waals surface area contributed by atoms with Crippen LogP contribution >= 0.6 is 11.6 Å². The van der Waals surface area contributed by atoms with Gasteiger partial charge in [0.15, 0.2) is 0 Å². The number of esters is 1. The Labute approximate surface area is 150 Å². The van der Waals surface area contributed by atoms with Gasteiger partial charge >= 0.3 is 5.97 Å². The predicted molar refractivity (Wildman–Crippen MR) is 93.1 cm³/mol. The molecule has 1 aliphatic carbocycles. The van der Waals surface area contributed by atoms with Crippen LogP contribution in [0, 0.1) is 0 Å². The maximum absolute atomic E-state index is 12.8. The fraction of sp³-hybridized carbons (Fsp3) is 0.278. The van der Waals surface area contributed by atoms with Crippen molar-refractivity contribution >= 4 is 29.2 Å². The van der Waals surface area contributed by atoms with Crippen LogP contribution in [-0.4, -0.2) is 31.1 Å². The monoisotopic (exact) mass is 360 g/mol. The molecule has 130 valence electrons. The fourth-order valence-electron chi connectivity index (χ4n) is 2.73. The molecule has 1 saturated carbocycles. The third kappa shape index (κ3) is 3.30. The summed E-state index contributed by atoms with van der Waals surface area (Å²) in [6, 6.07) is 8.76. The molecule has 25 heavy (non-hydrogen) atoms. The summed E-state index contributed by atoms with van der Waals surface area (Å²) in [5.74, 6) is -0.583. The number of nitrogens with one attached hydrogen (secondary N) is 1. The molecule has 0 aliphatic heterocycles. The van der Waals surface area contributed by atoms with Crippen molar-refractivity contribution < 1.29 is 19.1 Å². The number of carbonyl (C=O) groups is 2. The Morgan fingerprint density at radius 3 is 2.44 bits per heavy atom. The lowest BCUT2D eigenvalue weighted by molar-refractivity contribution is -0.118. The van der Waals surface area contributed by atoms with E-state index in [1.807, 2.05) is 12.1 Å². The van der Waals surface area contributed by atoms with Crippen LogP contribution in [0.4, 0.5) is 5.69 Å². The van der Waals surface area contributed by atoms with E-state index in [0.717, 1.165) is 18.4 Å². The SMILES string of the molecule is COC(=O)c1cc(NC(=O)C2(c3ccc(Cl)cc3)CC2)cnc1OC. The number of methoxy groups -OCH3 is 2. The van der Waals surface area contributed by atoms with E-state index in [1.54, 1.807) is 12.1 Å². The van der Waals surface area contributed by atoms with Crippen molar-refractivity contribution in [1.29, 1.82) is 0 Å². The number of carbonyl (C=O) groups excluding carboxylic acids is 2. The van der Waals surface area contributed by atoms with Crippen molar-refractivity contribution in [3.05, 3.63) is 52.7 Å².